The number of hydrogen-bond acceptors (Lipinski definition) is 3. The SMILES string of the molecule is CCCN1Cc2cc(Cl)cc(N)c2NC(=O)C1C. The zero-order valence-electron chi connectivity index (χ0n) is 10.7. The average molecular weight is 268 g/mol. The topological polar surface area (TPSA) is 58.4 Å². The summed E-state index contributed by atoms with van der Waals surface area (Å²) < 4.78 is 0. The molecule has 0 radical (unpaired) electrons. The summed E-state index contributed by atoms with van der Waals surface area (Å²) in [5, 5.41) is 3.50. The molecule has 0 bridgehead atoms. The van der Waals surface area contributed by atoms with Crippen LogP contribution in [0.3, 0.4) is 0 Å². The Kier molecular flexibility index (Phi) is 3.78. The number of halogens is 1. The number of carbonyl (C=O) groups is 1. The van der Waals surface area contributed by atoms with Gasteiger partial charge in [0.05, 0.1) is 17.4 Å². The summed E-state index contributed by atoms with van der Waals surface area (Å²) in [5.74, 6) is -0.0174. The Morgan fingerprint density at radius 3 is 2.94 bits per heavy atom. The van der Waals surface area contributed by atoms with Gasteiger partial charge in [-0.25, -0.2) is 0 Å². The third kappa shape index (κ3) is 2.44. The van der Waals surface area contributed by atoms with Crippen molar-refractivity contribution in [3.8, 4) is 0 Å². The second-order valence-electron chi connectivity index (χ2n) is 4.66. The molecule has 1 atom stereocenters. The zero-order valence-corrected chi connectivity index (χ0v) is 11.4. The highest BCUT2D eigenvalue weighted by atomic mass is 35.5. The molecule has 4 nitrogen and oxygen atoms in total. The number of amides is 1. The lowest BCUT2D eigenvalue weighted by atomic mass is 10.1. The van der Waals surface area contributed by atoms with Crippen LogP contribution < -0.4 is 11.1 Å². The first-order chi connectivity index (χ1) is 8.52. The van der Waals surface area contributed by atoms with Crippen molar-refractivity contribution < 1.29 is 4.79 Å². The molecule has 1 amide bonds. The molecule has 1 aromatic rings. The molecular weight excluding hydrogens is 250 g/mol. The number of rotatable bonds is 2. The number of nitrogens with zero attached hydrogens (tertiary/aromatic N) is 1. The van der Waals surface area contributed by atoms with Crippen molar-refractivity contribution in [2.24, 2.45) is 0 Å². The van der Waals surface area contributed by atoms with Crippen LogP contribution in [0.25, 0.3) is 0 Å². The van der Waals surface area contributed by atoms with E-state index in [1.807, 2.05) is 13.0 Å². The largest absolute Gasteiger partial charge is 0.397 e. The highest BCUT2D eigenvalue weighted by molar-refractivity contribution is 6.31. The number of carbonyl (C=O) groups excluding carboxylic acids is 1. The van der Waals surface area contributed by atoms with E-state index < -0.39 is 0 Å². The third-order valence-electron chi connectivity index (χ3n) is 3.27. The van der Waals surface area contributed by atoms with Gasteiger partial charge in [0, 0.05) is 11.6 Å². The van der Waals surface area contributed by atoms with Crippen molar-refractivity contribution in [1.29, 1.82) is 0 Å². The van der Waals surface area contributed by atoms with Crippen LogP contribution in [0.4, 0.5) is 11.4 Å². The van der Waals surface area contributed by atoms with E-state index >= 15 is 0 Å². The van der Waals surface area contributed by atoms with Gasteiger partial charge in [0.2, 0.25) is 5.91 Å². The molecule has 1 heterocycles. The van der Waals surface area contributed by atoms with Gasteiger partial charge in [-0.05, 0) is 37.6 Å². The third-order valence-corrected chi connectivity index (χ3v) is 3.49. The first-order valence-electron chi connectivity index (χ1n) is 6.15. The van der Waals surface area contributed by atoms with Crippen LogP contribution in [0.5, 0.6) is 0 Å². The summed E-state index contributed by atoms with van der Waals surface area (Å²) in [4.78, 5) is 14.2. The van der Waals surface area contributed by atoms with Crippen LogP contribution in [0.15, 0.2) is 12.1 Å². The Balaban J connectivity index is 2.43. The molecule has 3 N–H and O–H groups in total. The average Bonchev–Trinajstić information content (AvgIpc) is 2.41. The van der Waals surface area contributed by atoms with E-state index in [9.17, 15) is 4.79 Å². The Hall–Kier alpha value is -1.26. The van der Waals surface area contributed by atoms with Crippen molar-refractivity contribution >= 4 is 28.9 Å². The van der Waals surface area contributed by atoms with Crippen molar-refractivity contribution in [2.75, 3.05) is 17.6 Å². The summed E-state index contributed by atoms with van der Waals surface area (Å²) >= 11 is 6.02. The first-order valence-corrected chi connectivity index (χ1v) is 6.53. The minimum atomic E-state index is -0.157. The number of nitrogens with one attached hydrogen (secondary N) is 1. The maximum atomic E-state index is 12.1. The van der Waals surface area contributed by atoms with Gasteiger partial charge in [0.15, 0.2) is 0 Å². The highest BCUT2D eigenvalue weighted by Gasteiger charge is 2.27. The minimum absolute atomic E-state index is 0.0174. The quantitative estimate of drug-likeness (QED) is 0.810. The number of benzene rings is 1. The van der Waals surface area contributed by atoms with E-state index in [0.717, 1.165) is 18.5 Å². The maximum absolute atomic E-state index is 12.1. The normalized spacial score (nSPS) is 20.2. The molecule has 1 aromatic carbocycles. The van der Waals surface area contributed by atoms with Crippen molar-refractivity contribution in [1.82, 2.24) is 4.90 Å². The molecule has 5 heteroatoms. The van der Waals surface area contributed by atoms with Crippen LogP contribution in [0.1, 0.15) is 25.8 Å². The predicted octanol–water partition coefficient (Wildman–Crippen LogP) is 2.47. The lowest BCUT2D eigenvalue weighted by molar-refractivity contribution is -0.120. The van der Waals surface area contributed by atoms with Crippen LogP contribution in [0, 0.1) is 0 Å². The van der Waals surface area contributed by atoms with Gasteiger partial charge in [-0.2, -0.15) is 0 Å². The summed E-state index contributed by atoms with van der Waals surface area (Å²) in [6, 6.07) is 3.38. The fraction of sp³-hybridized carbons (Fsp3) is 0.462. The molecule has 0 saturated carbocycles. The second kappa shape index (κ2) is 5.16. The van der Waals surface area contributed by atoms with Crippen molar-refractivity contribution in [3.63, 3.8) is 0 Å². The highest BCUT2D eigenvalue weighted by Crippen LogP contribution is 2.32. The van der Waals surface area contributed by atoms with Crippen LogP contribution in [-0.2, 0) is 11.3 Å². The lowest BCUT2D eigenvalue weighted by Gasteiger charge is -2.24. The fourth-order valence-corrected chi connectivity index (χ4v) is 2.52. The summed E-state index contributed by atoms with van der Waals surface area (Å²) in [7, 11) is 0. The predicted molar refractivity (Wildman–Crippen MR) is 74.7 cm³/mol. The first kappa shape index (κ1) is 13.2. The summed E-state index contributed by atoms with van der Waals surface area (Å²) in [5.41, 5.74) is 8.13. The second-order valence-corrected chi connectivity index (χ2v) is 5.10. The zero-order chi connectivity index (χ0) is 13.3. The molecule has 2 rings (SSSR count). The van der Waals surface area contributed by atoms with Crippen LogP contribution in [-0.4, -0.2) is 23.4 Å². The van der Waals surface area contributed by atoms with E-state index in [2.05, 4.69) is 17.1 Å². The summed E-state index contributed by atoms with van der Waals surface area (Å²) in [6.07, 6.45) is 1.00. The molecule has 0 aromatic heterocycles. The van der Waals surface area contributed by atoms with E-state index in [-0.39, 0.29) is 11.9 Å². The van der Waals surface area contributed by atoms with Crippen molar-refractivity contribution in [2.45, 2.75) is 32.9 Å². The fourth-order valence-electron chi connectivity index (χ4n) is 2.27. The monoisotopic (exact) mass is 267 g/mol. The molecule has 1 aliphatic rings. The van der Waals surface area contributed by atoms with Crippen molar-refractivity contribution in [3.05, 3.63) is 22.7 Å². The summed E-state index contributed by atoms with van der Waals surface area (Å²) in [6.45, 7) is 5.58. The molecule has 98 valence electrons. The number of hydrogen-bond donors (Lipinski definition) is 2. The number of fused-ring (bicyclic) bond motifs is 1. The number of nitrogens with two attached hydrogens (primary N) is 1. The van der Waals surface area contributed by atoms with Gasteiger partial charge < -0.3 is 11.1 Å². The number of anilines is 2. The smallest absolute Gasteiger partial charge is 0.241 e. The van der Waals surface area contributed by atoms with Crippen LogP contribution in [0.2, 0.25) is 5.02 Å². The van der Waals surface area contributed by atoms with Crippen LogP contribution >= 0.6 is 11.6 Å². The molecule has 1 aliphatic heterocycles. The lowest BCUT2D eigenvalue weighted by Crippen LogP contribution is -2.39. The Bertz CT molecular complexity index is 476. The van der Waals surface area contributed by atoms with E-state index in [1.54, 1.807) is 6.07 Å². The molecule has 18 heavy (non-hydrogen) atoms. The van der Waals surface area contributed by atoms with Gasteiger partial charge in [-0.15, -0.1) is 0 Å². The van der Waals surface area contributed by atoms with E-state index in [0.29, 0.717) is 22.9 Å². The number of nitrogen functional groups attached to an aromatic ring is 1. The Morgan fingerprint density at radius 1 is 1.56 bits per heavy atom. The standard InChI is InChI=1S/C13H18ClN3O/c1-3-4-17-7-9-5-10(14)6-11(15)12(9)16-13(18)8(17)2/h5-6,8H,3-4,7,15H2,1-2H3,(H,16,18). The molecular formula is C13H18ClN3O. The van der Waals surface area contributed by atoms with Gasteiger partial charge in [0.25, 0.3) is 0 Å². The van der Waals surface area contributed by atoms with Gasteiger partial charge in [0.1, 0.15) is 0 Å². The Morgan fingerprint density at radius 2 is 2.28 bits per heavy atom. The van der Waals surface area contributed by atoms with Gasteiger partial charge in [-0.1, -0.05) is 18.5 Å². The van der Waals surface area contributed by atoms with E-state index in [4.69, 9.17) is 17.3 Å². The minimum Gasteiger partial charge on any atom is -0.397 e. The molecule has 0 fully saturated rings. The molecule has 0 saturated heterocycles. The maximum Gasteiger partial charge on any atom is 0.241 e. The molecule has 0 spiro atoms. The van der Waals surface area contributed by atoms with Gasteiger partial charge in [-0.3, -0.25) is 9.69 Å². The molecule has 1 unspecified atom stereocenters. The van der Waals surface area contributed by atoms with Gasteiger partial charge >= 0.3 is 0 Å². The van der Waals surface area contributed by atoms with E-state index in [1.165, 1.54) is 0 Å². The Labute approximate surface area is 112 Å². The molecule has 0 aliphatic carbocycles.